The molecule has 5 heteroatoms. The van der Waals surface area contributed by atoms with Gasteiger partial charge in [-0.25, -0.2) is 4.57 Å². The minimum Gasteiger partial charge on any atom is -1.00 e. The van der Waals surface area contributed by atoms with Gasteiger partial charge in [-0.05, 0) is 29.0 Å². The fraction of sp³-hybridized carbons (Fsp3) is 0.300. The van der Waals surface area contributed by atoms with E-state index >= 15 is 0 Å². The summed E-state index contributed by atoms with van der Waals surface area (Å²) < 4.78 is 4.03. The number of benzene rings is 1. The van der Waals surface area contributed by atoms with E-state index in [-0.39, 0.29) is 39.4 Å². The van der Waals surface area contributed by atoms with E-state index in [2.05, 4.69) is 68.0 Å². The first kappa shape index (κ1) is 21.8. The maximum absolute atomic E-state index is 4.39. The van der Waals surface area contributed by atoms with E-state index in [9.17, 15) is 0 Å². The molecule has 0 amide bonds. The summed E-state index contributed by atoms with van der Waals surface area (Å²) in [6.07, 6.45) is 9.27. The molecule has 0 bridgehead atoms. The van der Waals surface area contributed by atoms with Crippen molar-refractivity contribution in [3.8, 4) is 11.5 Å². The first-order chi connectivity index (χ1) is 11.1. The Labute approximate surface area is 176 Å². The van der Waals surface area contributed by atoms with Crippen molar-refractivity contribution < 1.29 is 43.9 Å². The van der Waals surface area contributed by atoms with E-state index in [1.54, 1.807) is 6.20 Å². The number of hydrogen-bond donors (Lipinski definition) is 0. The molecule has 135 valence electrons. The summed E-state index contributed by atoms with van der Waals surface area (Å²) >= 11 is 0. The van der Waals surface area contributed by atoms with Crippen LogP contribution in [0.5, 0.6) is 0 Å². The topological polar surface area (TPSA) is 21.7 Å². The van der Waals surface area contributed by atoms with Gasteiger partial charge >= 0.3 is 28.7 Å². The van der Waals surface area contributed by atoms with Gasteiger partial charge in [-0.2, -0.15) is 4.57 Å². The Morgan fingerprint density at radius 1 is 0.960 bits per heavy atom. The monoisotopic (exact) mass is 491 g/mol. The predicted octanol–water partition coefficient (Wildman–Crippen LogP) is 1.20. The second-order valence-corrected chi connectivity index (χ2v) is 6.42. The molecule has 0 unspecified atom stereocenters. The van der Waals surface area contributed by atoms with Crippen molar-refractivity contribution in [2.45, 2.75) is 39.5 Å². The molecular weight excluding hydrogens is 470 g/mol. The molecule has 0 aliphatic heterocycles. The molecule has 0 atom stereocenters. The average molecular weight is 493 g/mol. The summed E-state index contributed by atoms with van der Waals surface area (Å²) in [5, 5.41) is 0. The largest absolute Gasteiger partial charge is 1.00 e. The third-order valence-electron chi connectivity index (χ3n) is 4.06. The number of pyridine rings is 1. The molecule has 0 fully saturated rings. The molecule has 1 radical (unpaired) electrons. The molecule has 0 saturated heterocycles. The van der Waals surface area contributed by atoms with Crippen LogP contribution >= 0.6 is 0 Å². The standard InChI is InChI=1S/C20H23N3.Ag.BrH/c1-15(2)17-8-7-9-18(16(3)4)20(17)23-13-12-22(14-23)19-10-5-6-11-21-19;;/h5-13,15-16H,1-4H3;;1H/q2*+1;/p-1. The first-order valence-corrected chi connectivity index (χ1v) is 8.15. The smallest absolute Gasteiger partial charge is 1.00 e. The summed E-state index contributed by atoms with van der Waals surface area (Å²) in [6, 6.07) is 12.5. The molecule has 0 N–H and O–H groups in total. The molecule has 3 aromatic rings. The van der Waals surface area contributed by atoms with Gasteiger partial charge in [0.2, 0.25) is 0 Å². The molecule has 2 aromatic heterocycles. The Balaban J connectivity index is 0.00000156. The van der Waals surface area contributed by atoms with Crippen LogP contribution in [0.25, 0.3) is 11.5 Å². The predicted molar refractivity (Wildman–Crippen MR) is 92.1 cm³/mol. The SMILES string of the molecule is CC(C)c1cccc(C(C)C)c1-n1[c][n+](-c2ccccn2)cc1.[Ag+].[Br-]. The zero-order chi connectivity index (χ0) is 16.4. The second kappa shape index (κ2) is 9.48. The van der Waals surface area contributed by atoms with Crippen molar-refractivity contribution in [2.24, 2.45) is 0 Å². The van der Waals surface area contributed by atoms with Gasteiger partial charge < -0.3 is 17.0 Å². The summed E-state index contributed by atoms with van der Waals surface area (Å²) in [4.78, 5) is 4.39. The fourth-order valence-corrected chi connectivity index (χ4v) is 2.85. The Bertz CT molecular complexity index is 771. The molecule has 3 nitrogen and oxygen atoms in total. The van der Waals surface area contributed by atoms with Crippen LogP contribution in [0.2, 0.25) is 0 Å². The zero-order valence-corrected chi connectivity index (χ0v) is 17.9. The number of aromatic nitrogens is 3. The second-order valence-electron chi connectivity index (χ2n) is 6.42. The fourth-order valence-electron chi connectivity index (χ4n) is 2.85. The maximum atomic E-state index is 4.39. The normalized spacial score (nSPS) is 10.5. The first-order valence-electron chi connectivity index (χ1n) is 8.15. The van der Waals surface area contributed by atoms with Crippen LogP contribution in [0.1, 0.15) is 50.7 Å². The van der Waals surface area contributed by atoms with Crippen molar-refractivity contribution in [1.82, 2.24) is 9.55 Å². The van der Waals surface area contributed by atoms with Gasteiger partial charge in [0, 0.05) is 6.07 Å². The van der Waals surface area contributed by atoms with Gasteiger partial charge in [-0.3, -0.25) is 0 Å². The Hall–Kier alpha value is -1.20. The van der Waals surface area contributed by atoms with Crippen LogP contribution < -0.4 is 21.5 Å². The number of halogens is 1. The molecule has 0 aliphatic rings. The van der Waals surface area contributed by atoms with Gasteiger partial charge in [0.05, 0.1) is 0 Å². The molecule has 1 aromatic carbocycles. The molecule has 0 aliphatic carbocycles. The van der Waals surface area contributed by atoms with E-state index in [4.69, 9.17) is 0 Å². The van der Waals surface area contributed by atoms with Crippen molar-refractivity contribution in [2.75, 3.05) is 0 Å². The van der Waals surface area contributed by atoms with E-state index < -0.39 is 0 Å². The van der Waals surface area contributed by atoms with Crippen LogP contribution in [0.15, 0.2) is 55.0 Å². The molecule has 0 saturated carbocycles. The molecule has 2 heterocycles. The zero-order valence-electron chi connectivity index (χ0n) is 14.9. The van der Waals surface area contributed by atoms with Gasteiger partial charge in [0.15, 0.2) is 0 Å². The average Bonchev–Trinajstić information content (AvgIpc) is 3.04. The summed E-state index contributed by atoms with van der Waals surface area (Å²) in [7, 11) is 0. The summed E-state index contributed by atoms with van der Waals surface area (Å²) in [5.41, 5.74) is 3.93. The van der Waals surface area contributed by atoms with E-state index in [1.165, 1.54) is 16.8 Å². The number of hydrogen-bond acceptors (Lipinski definition) is 1. The van der Waals surface area contributed by atoms with Crippen LogP contribution in [0.4, 0.5) is 0 Å². The summed E-state index contributed by atoms with van der Waals surface area (Å²) in [6.45, 7) is 8.94. The van der Waals surface area contributed by atoms with Crippen LogP contribution in [0, 0.1) is 6.33 Å². The molecule has 3 rings (SSSR count). The minimum absolute atomic E-state index is 0. The Morgan fingerprint density at radius 3 is 2.12 bits per heavy atom. The van der Waals surface area contributed by atoms with E-state index in [0.717, 1.165) is 5.82 Å². The third kappa shape index (κ3) is 4.70. The van der Waals surface area contributed by atoms with E-state index in [0.29, 0.717) is 11.8 Å². The van der Waals surface area contributed by atoms with Crippen LogP contribution in [-0.2, 0) is 22.4 Å². The summed E-state index contributed by atoms with van der Waals surface area (Å²) in [5.74, 6) is 1.80. The third-order valence-corrected chi connectivity index (χ3v) is 4.06. The van der Waals surface area contributed by atoms with Crippen LogP contribution in [0.3, 0.4) is 0 Å². The van der Waals surface area contributed by atoms with Crippen molar-refractivity contribution in [3.05, 3.63) is 72.4 Å². The molecule has 25 heavy (non-hydrogen) atoms. The van der Waals surface area contributed by atoms with Crippen LogP contribution in [-0.4, -0.2) is 9.55 Å². The van der Waals surface area contributed by atoms with Crippen molar-refractivity contribution in [3.63, 3.8) is 0 Å². The van der Waals surface area contributed by atoms with Gasteiger partial charge in [-0.15, -0.1) is 4.98 Å². The minimum atomic E-state index is 0. The number of imidazole rings is 1. The van der Waals surface area contributed by atoms with Gasteiger partial charge in [0.1, 0.15) is 24.3 Å². The maximum Gasteiger partial charge on any atom is 1.00 e. The quantitative estimate of drug-likeness (QED) is 0.396. The number of nitrogens with zero attached hydrogens (tertiary/aromatic N) is 3. The molecular formula is C20H23AgBrN3+. The van der Waals surface area contributed by atoms with Crippen molar-refractivity contribution in [1.29, 1.82) is 0 Å². The van der Waals surface area contributed by atoms with Gasteiger partial charge in [-0.1, -0.05) is 52.0 Å². The van der Waals surface area contributed by atoms with Crippen molar-refractivity contribution >= 4 is 0 Å². The van der Waals surface area contributed by atoms with E-state index in [1.807, 2.05) is 29.0 Å². The Morgan fingerprint density at radius 2 is 1.60 bits per heavy atom. The Kier molecular flexibility index (Phi) is 8.29. The van der Waals surface area contributed by atoms with Gasteiger partial charge in [0.25, 0.3) is 5.82 Å². The number of rotatable bonds is 4. The molecule has 0 spiro atoms. The number of para-hydroxylation sites is 1.